The van der Waals surface area contributed by atoms with Gasteiger partial charge in [0.2, 0.25) is 0 Å². The molecule has 0 spiro atoms. The summed E-state index contributed by atoms with van der Waals surface area (Å²) in [6.07, 6.45) is 0. The van der Waals surface area contributed by atoms with Gasteiger partial charge in [0.05, 0.1) is 0 Å². The molecule has 1 saturated heterocycles. The summed E-state index contributed by atoms with van der Waals surface area (Å²) in [6, 6.07) is -0.956. The van der Waals surface area contributed by atoms with E-state index in [0.29, 0.717) is 10.3 Å². The van der Waals surface area contributed by atoms with Crippen molar-refractivity contribution in [1.29, 1.82) is 0 Å². The molecular weight excluding hydrogens is 485 g/mol. The summed E-state index contributed by atoms with van der Waals surface area (Å²) < 4.78 is 5.26. The van der Waals surface area contributed by atoms with Crippen molar-refractivity contribution in [2.24, 2.45) is 5.16 Å². The Morgan fingerprint density at radius 3 is 2.80 bits per heavy atom. The first-order valence-corrected chi connectivity index (χ1v) is 11.3. The Bertz CT molecular complexity index is 975. The van der Waals surface area contributed by atoms with Gasteiger partial charge in [-0.2, -0.15) is 0 Å². The number of hydrogen-bond acceptors (Lipinski definition) is 10. The number of carboxylic acid groups (broad SMARTS) is 1. The van der Waals surface area contributed by atoms with E-state index >= 15 is 0 Å². The second-order valence-electron chi connectivity index (χ2n) is 6.09. The minimum atomic E-state index is -1.31. The molecule has 12 nitrogen and oxygen atoms in total. The summed E-state index contributed by atoms with van der Waals surface area (Å²) in [5.74, 6) is -2.94. The molecule has 30 heavy (non-hydrogen) atoms. The Hall–Kier alpha value is -2.83. The number of ether oxygens (including phenoxy) is 1. The van der Waals surface area contributed by atoms with E-state index in [1.54, 1.807) is 4.94 Å². The van der Waals surface area contributed by atoms with Gasteiger partial charge in [-0.15, -0.1) is 0 Å². The van der Waals surface area contributed by atoms with Crippen molar-refractivity contribution >= 4 is 60.4 Å². The number of nitrogens with one attached hydrogen (secondary N) is 1. The van der Waals surface area contributed by atoms with E-state index in [4.69, 9.17) is 15.3 Å². The van der Waals surface area contributed by atoms with Gasteiger partial charge in [0.15, 0.2) is 0 Å². The van der Waals surface area contributed by atoms with Crippen LogP contribution in [0, 0.1) is 0 Å². The van der Waals surface area contributed by atoms with Crippen LogP contribution in [0.4, 0.5) is 4.69 Å². The summed E-state index contributed by atoms with van der Waals surface area (Å²) in [5, 5.41) is 15.2. The van der Waals surface area contributed by atoms with Crippen LogP contribution >= 0.6 is 11.8 Å². The van der Waals surface area contributed by atoms with E-state index in [9.17, 15) is 24.3 Å². The second-order valence-corrected chi connectivity index (χ2v) is 9.06. The molecule has 0 radical (unpaired) electrons. The third-order valence-electron chi connectivity index (χ3n) is 4.15. The normalized spacial score (nSPS) is 20.9. The minimum absolute atomic E-state index is 0.128. The van der Waals surface area contributed by atoms with E-state index in [0.717, 1.165) is 4.90 Å². The summed E-state index contributed by atoms with van der Waals surface area (Å²) >= 11 is 1.05. The number of nitrogens with two attached hydrogens (primary N) is 1. The SMILES string of the molecule is CO/N=C(\C(=O)N[C@@H]1C(=O)N2C(C(=O)O)=C(COC(C)=O)CS[C@H]12)c1c[se]c(N)n1. The first kappa shape index (κ1) is 21.9. The molecule has 1 aromatic rings. The number of esters is 1. The Morgan fingerprint density at radius 1 is 1.50 bits per heavy atom. The molecule has 0 aliphatic carbocycles. The molecule has 14 heteroatoms. The van der Waals surface area contributed by atoms with Gasteiger partial charge in [-0.05, 0) is 0 Å². The molecule has 0 bridgehead atoms. The Labute approximate surface area is 180 Å². The number of anilines is 1. The van der Waals surface area contributed by atoms with E-state index in [1.165, 1.54) is 25.8 Å². The summed E-state index contributed by atoms with van der Waals surface area (Å²) in [4.78, 5) is 59.6. The number of carboxylic acids is 1. The maximum atomic E-state index is 12.7. The monoisotopic (exact) mass is 503 g/mol. The quantitative estimate of drug-likeness (QED) is 0.129. The number of fused-ring (bicyclic) bond motifs is 1. The van der Waals surface area contributed by atoms with Crippen molar-refractivity contribution in [2.75, 3.05) is 25.2 Å². The third kappa shape index (κ3) is 4.20. The maximum absolute atomic E-state index is 12.7. The number of aliphatic carboxylic acids is 1. The van der Waals surface area contributed by atoms with Gasteiger partial charge in [0.1, 0.15) is 0 Å². The van der Waals surface area contributed by atoms with E-state index in [1.807, 2.05) is 0 Å². The van der Waals surface area contributed by atoms with Gasteiger partial charge >= 0.3 is 168 Å². The fraction of sp³-hybridized carbons (Fsp3) is 0.375. The average Bonchev–Trinajstić information content (AvgIpc) is 3.13. The number of amides is 2. The molecule has 0 saturated carbocycles. The van der Waals surface area contributed by atoms with Crippen LogP contribution in [0.15, 0.2) is 21.4 Å². The number of aromatic nitrogens is 1. The van der Waals surface area contributed by atoms with Crippen molar-refractivity contribution in [1.82, 2.24) is 15.2 Å². The first-order chi connectivity index (χ1) is 14.2. The Morgan fingerprint density at radius 2 is 2.23 bits per heavy atom. The molecule has 160 valence electrons. The molecular formula is C16H17N5O7SSe. The second kappa shape index (κ2) is 8.90. The molecule has 2 aliphatic heterocycles. The van der Waals surface area contributed by atoms with Crippen LogP contribution in [0.3, 0.4) is 0 Å². The zero-order valence-corrected chi connectivity index (χ0v) is 18.3. The average molecular weight is 502 g/mol. The van der Waals surface area contributed by atoms with Gasteiger partial charge < -0.3 is 0 Å². The van der Waals surface area contributed by atoms with Gasteiger partial charge in [0.25, 0.3) is 0 Å². The van der Waals surface area contributed by atoms with Crippen molar-refractivity contribution in [2.45, 2.75) is 18.3 Å². The van der Waals surface area contributed by atoms with Crippen LogP contribution in [0.2, 0.25) is 0 Å². The number of nitrogen functional groups attached to an aromatic ring is 1. The predicted molar refractivity (Wildman–Crippen MR) is 105 cm³/mol. The summed E-state index contributed by atoms with van der Waals surface area (Å²) in [6.45, 7) is 0.981. The topological polar surface area (TPSA) is 174 Å². The Balaban J connectivity index is 1.77. The number of carbonyl (C=O) groups is 4. The number of carbonyl (C=O) groups excluding carboxylic acids is 3. The van der Waals surface area contributed by atoms with Gasteiger partial charge in [-0.1, -0.05) is 0 Å². The predicted octanol–water partition coefficient (Wildman–Crippen LogP) is -1.63. The number of rotatable bonds is 7. The molecule has 1 aromatic heterocycles. The molecule has 1 fully saturated rings. The standard InChI is InChI=1S/C16H17N5O7SSe/c1-6(22)28-3-7-4-29-14-10(13(24)21(14)11(7)15(25)26)19-12(23)9(20-27-2)8-5-30-16(17)18-8/h5,10,14H,3-4H2,1-2H3,(H2,17,18)(H,19,23)(H,25,26)/b20-9-/t10-,14-/m1/s1. The van der Waals surface area contributed by atoms with E-state index in [2.05, 4.69) is 15.5 Å². The van der Waals surface area contributed by atoms with Crippen LogP contribution in [-0.4, -0.2) is 89.8 Å². The van der Waals surface area contributed by atoms with Crippen LogP contribution in [0.1, 0.15) is 12.6 Å². The number of β-lactam (4-membered cyclic amide) rings is 1. The van der Waals surface area contributed by atoms with Gasteiger partial charge in [0, 0.05) is 6.92 Å². The first-order valence-electron chi connectivity index (χ1n) is 8.41. The molecule has 0 aromatic carbocycles. The van der Waals surface area contributed by atoms with Gasteiger partial charge in [-0.25, -0.2) is 0 Å². The van der Waals surface area contributed by atoms with E-state index in [-0.39, 0.29) is 44.0 Å². The van der Waals surface area contributed by atoms with Gasteiger partial charge in [-0.3, -0.25) is 4.79 Å². The fourth-order valence-corrected chi connectivity index (χ4v) is 5.36. The zero-order valence-electron chi connectivity index (χ0n) is 15.8. The molecule has 2 atom stereocenters. The molecule has 3 rings (SSSR count). The number of hydrogen-bond donors (Lipinski definition) is 3. The summed E-state index contributed by atoms with van der Waals surface area (Å²) in [5.41, 5.74) is 5.84. The zero-order chi connectivity index (χ0) is 22.0. The molecule has 3 heterocycles. The summed E-state index contributed by atoms with van der Waals surface area (Å²) in [7, 11) is 1.27. The van der Waals surface area contributed by atoms with Crippen molar-refractivity contribution < 1.29 is 33.9 Å². The van der Waals surface area contributed by atoms with Crippen molar-refractivity contribution in [3.05, 3.63) is 21.9 Å². The third-order valence-corrected chi connectivity index (χ3v) is 6.90. The molecule has 0 unspecified atom stereocenters. The van der Waals surface area contributed by atoms with Crippen LogP contribution in [0.25, 0.3) is 0 Å². The van der Waals surface area contributed by atoms with Crippen molar-refractivity contribution in [3.63, 3.8) is 0 Å². The molecule has 4 N–H and O–H groups in total. The number of oxime groups is 1. The molecule has 2 amide bonds. The van der Waals surface area contributed by atoms with Crippen LogP contribution in [0.5, 0.6) is 0 Å². The number of thioether (sulfide) groups is 1. The Kier molecular flexibility index (Phi) is 6.48. The number of nitrogens with zero attached hydrogens (tertiary/aromatic N) is 3. The van der Waals surface area contributed by atoms with Crippen LogP contribution in [-0.2, 0) is 28.8 Å². The fourth-order valence-electron chi connectivity index (χ4n) is 2.88. The van der Waals surface area contributed by atoms with Crippen LogP contribution < -0.4 is 11.1 Å². The van der Waals surface area contributed by atoms with Crippen molar-refractivity contribution in [3.8, 4) is 0 Å². The molecule has 2 aliphatic rings. The van der Waals surface area contributed by atoms with E-state index < -0.39 is 35.2 Å².